The first-order chi connectivity index (χ1) is 11.1. The number of rotatable bonds is 5. The van der Waals surface area contributed by atoms with Gasteiger partial charge in [0.05, 0.1) is 5.92 Å². The maximum atomic E-state index is 12.2. The van der Waals surface area contributed by atoms with Crippen molar-refractivity contribution in [3.63, 3.8) is 0 Å². The number of hydrogen-bond acceptors (Lipinski definition) is 7. The van der Waals surface area contributed by atoms with Gasteiger partial charge in [-0.05, 0) is 24.6 Å². The number of aromatic nitrogens is 2. The average molecular weight is 365 g/mol. The fraction of sp³-hybridized carbons (Fsp3) is 0.250. The number of anilines is 1. The number of nitrogens with one attached hydrogen (secondary N) is 1. The van der Waals surface area contributed by atoms with Crippen LogP contribution < -0.4 is 9.50 Å². The molecule has 1 amide bonds. The fourth-order valence-corrected chi connectivity index (χ4v) is 2.04. The number of nitrogens with zero attached hydrogens (tertiary/aromatic N) is 2. The number of carbonyl (C=O) groups excluding carboxylic acids is 1. The topological polar surface area (TPSA) is 111 Å². The highest BCUT2D eigenvalue weighted by molar-refractivity contribution is 7.88. The Hall–Kier alpha value is -2.63. The van der Waals surface area contributed by atoms with Crippen LogP contribution in [-0.4, -0.2) is 30.0 Å². The van der Waals surface area contributed by atoms with Crippen molar-refractivity contribution in [3.8, 4) is 5.75 Å². The van der Waals surface area contributed by atoms with Crippen LogP contribution >= 0.6 is 0 Å². The van der Waals surface area contributed by atoms with E-state index in [1.807, 2.05) is 0 Å². The summed E-state index contributed by atoms with van der Waals surface area (Å²) in [6.45, 7) is 1.52. The Morgan fingerprint density at radius 3 is 2.42 bits per heavy atom. The minimum absolute atomic E-state index is 0.108. The van der Waals surface area contributed by atoms with E-state index >= 15 is 0 Å². The van der Waals surface area contributed by atoms with Crippen LogP contribution in [0.2, 0.25) is 0 Å². The average Bonchev–Trinajstić information content (AvgIpc) is 2.98. The van der Waals surface area contributed by atoms with Gasteiger partial charge in [-0.15, -0.1) is 5.10 Å². The van der Waals surface area contributed by atoms with Gasteiger partial charge in [0.15, 0.2) is 0 Å². The Balaban J connectivity index is 2.07. The van der Waals surface area contributed by atoms with Crippen molar-refractivity contribution in [2.45, 2.75) is 18.3 Å². The van der Waals surface area contributed by atoms with Crippen LogP contribution in [0, 0.1) is 0 Å². The van der Waals surface area contributed by atoms with Crippen molar-refractivity contribution < 1.29 is 35.0 Å². The fourth-order valence-electron chi connectivity index (χ4n) is 1.58. The van der Waals surface area contributed by atoms with Gasteiger partial charge in [0.2, 0.25) is 12.3 Å². The number of amides is 1. The lowest BCUT2D eigenvalue weighted by molar-refractivity contribution is -0.117. The molecule has 8 nitrogen and oxygen atoms in total. The lowest BCUT2D eigenvalue weighted by Crippen LogP contribution is -2.28. The molecule has 0 saturated heterocycles. The molecule has 24 heavy (non-hydrogen) atoms. The summed E-state index contributed by atoms with van der Waals surface area (Å²) in [5.41, 5.74) is -5.12. The molecular formula is C12H10F3N3O5S. The van der Waals surface area contributed by atoms with E-state index in [2.05, 4.69) is 19.7 Å². The van der Waals surface area contributed by atoms with E-state index in [0.29, 0.717) is 5.56 Å². The minimum Gasteiger partial charge on any atom is -0.411 e. The molecule has 1 N–H and O–H groups in total. The highest BCUT2D eigenvalue weighted by Crippen LogP contribution is 2.28. The monoisotopic (exact) mass is 365 g/mol. The van der Waals surface area contributed by atoms with E-state index in [4.69, 9.17) is 4.42 Å². The first-order valence-corrected chi connectivity index (χ1v) is 7.69. The zero-order chi connectivity index (χ0) is 18.0. The molecule has 12 heteroatoms. The van der Waals surface area contributed by atoms with E-state index in [1.54, 1.807) is 0 Å². The lowest BCUT2D eigenvalue weighted by atomic mass is 10.0. The molecule has 2 aromatic rings. The van der Waals surface area contributed by atoms with Crippen molar-refractivity contribution in [2.24, 2.45) is 0 Å². The molecule has 1 aromatic carbocycles. The molecule has 1 atom stereocenters. The molecule has 0 aliphatic heterocycles. The van der Waals surface area contributed by atoms with Gasteiger partial charge < -0.3 is 8.60 Å². The number of carbonyl (C=O) groups is 1. The van der Waals surface area contributed by atoms with Gasteiger partial charge in [-0.1, -0.05) is 17.2 Å². The largest absolute Gasteiger partial charge is 0.534 e. The van der Waals surface area contributed by atoms with Gasteiger partial charge in [0.25, 0.3) is 0 Å². The summed E-state index contributed by atoms with van der Waals surface area (Å²) in [6.07, 6.45) is 1.02. The standard InChI is InChI=1S/C12H10F3N3O5S/c1-7(10(19)17-11-18-16-6-22-11)8-2-4-9(5-3-8)23-24(20,21)12(13,14)15/h2-7H,1H3,(H,17,18,19)/t7-/m1/s1. The smallest absolute Gasteiger partial charge is 0.411 e. The predicted molar refractivity (Wildman–Crippen MR) is 73.4 cm³/mol. The van der Waals surface area contributed by atoms with Crippen molar-refractivity contribution in [3.05, 3.63) is 36.2 Å². The Morgan fingerprint density at radius 2 is 1.92 bits per heavy atom. The van der Waals surface area contributed by atoms with E-state index in [1.165, 1.54) is 19.1 Å². The molecule has 2 rings (SSSR count). The molecule has 1 heterocycles. The van der Waals surface area contributed by atoms with Crippen LogP contribution in [0.15, 0.2) is 35.1 Å². The second kappa shape index (κ2) is 6.47. The molecule has 0 spiro atoms. The van der Waals surface area contributed by atoms with Gasteiger partial charge in [-0.3, -0.25) is 10.1 Å². The van der Waals surface area contributed by atoms with E-state index in [-0.39, 0.29) is 6.01 Å². The third kappa shape index (κ3) is 4.01. The predicted octanol–water partition coefficient (Wildman–Crippen LogP) is 2.04. The van der Waals surface area contributed by atoms with Crippen molar-refractivity contribution in [1.82, 2.24) is 10.2 Å². The third-order valence-corrected chi connectivity index (χ3v) is 3.83. The van der Waals surface area contributed by atoms with Crippen molar-refractivity contribution in [2.75, 3.05) is 5.32 Å². The first kappa shape index (κ1) is 17.7. The highest BCUT2D eigenvalue weighted by Gasteiger charge is 2.48. The van der Waals surface area contributed by atoms with Crippen molar-refractivity contribution in [1.29, 1.82) is 0 Å². The van der Waals surface area contributed by atoms with Crippen LogP contribution in [0.1, 0.15) is 18.4 Å². The zero-order valence-corrected chi connectivity index (χ0v) is 12.8. The summed E-state index contributed by atoms with van der Waals surface area (Å²) in [5, 5.41) is 9.18. The SMILES string of the molecule is C[C@@H](C(=O)Nc1nnco1)c1ccc(OS(=O)(=O)C(F)(F)F)cc1. The normalized spacial score (nSPS) is 13.3. The third-order valence-electron chi connectivity index (χ3n) is 2.85. The summed E-state index contributed by atoms with van der Waals surface area (Å²) >= 11 is 0. The van der Waals surface area contributed by atoms with Gasteiger partial charge in [0, 0.05) is 0 Å². The van der Waals surface area contributed by atoms with Crippen LogP contribution in [0.4, 0.5) is 19.2 Å². The summed E-state index contributed by atoms with van der Waals surface area (Å²) in [5.74, 6) is -1.75. The summed E-state index contributed by atoms with van der Waals surface area (Å²) in [4.78, 5) is 11.9. The maximum absolute atomic E-state index is 12.2. The Bertz CT molecular complexity index is 803. The molecule has 0 unspecified atom stereocenters. The maximum Gasteiger partial charge on any atom is 0.534 e. The minimum atomic E-state index is -5.74. The Labute approximate surface area is 133 Å². The highest BCUT2D eigenvalue weighted by atomic mass is 32.2. The molecule has 0 fully saturated rings. The van der Waals surface area contributed by atoms with Crippen LogP contribution in [0.3, 0.4) is 0 Å². The van der Waals surface area contributed by atoms with Crippen LogP contribution in [0.25, 0.3) is 0 Å². The quantitative estimate of drug-likeness (QED) is 0.637. The number of alkyl halides is 3. The molecule has 1 aromatic heterocycles. The number of hydrogen-bond donors (Lipinski definition) is 1. The second-order valence-electron chi connectivity index (χ2n) is 4.51. The lowest BCUT2D eigenvalue weighted by Gasteiger charge is -2.12. The number of benzene rings is 1. The van der Waals surface area contributed by atoms with Gasteiger partial charge in [-0.25, -0.2) is 0 Å². The molecule has 0 aliphatic rings. The summed E-state index contributed by atoms with van der Waals surface area (Å²) < 4.78 is 67.2. The second-order valence-corrected chi connectivity index (χ2v) is 6.04. The Morgan fingerprint density at radius 1 is 1.29 bits per heavy atom. The van der Waals surface area contributed by atoms with E-state index in [9.17, 15) is 26.4 Å². The number of halogens is 3. The summed E-state index contributed by atoms with van der Waals surface area (Å²) in [6, 6.07) is 4.44. The van der Waals surface area contributed by atoms with Gasteiger partial charge in [-0.2, -0.15) is 21.6 Å². The molecule has 0 bridgehead atoms. The first-order valence-electron chi connectivity index (χ1n) is 6.28. The molecule has 0 saturated carbocycles. The van der Waals surface area contributed by atoms with E-state index in [0.717, 1.165) is 18.5 Å². The van der Waals surface area contributed by atoms with Gasteiger partial charge >= 0.3 is 21.6 Å². The summed E-state index contributed by atoms with van der Waals surface area (Å²) in [7, 11) is -5.74. The molecule has 130 valence electrons. The van der Waals surface area contributed by atoms with Crippen molar-refractivity contribution >= 4 is 22.0 Å². The van der Waals surface area contributed by atoms with Gasteiger partial charge in [0.1, 0.15) is 5.75 Å². The Kier molecular flexibility index (Phi) is 4.78. The zero-order valence-electron chi connectivity index (χ0n) is 11.9. The van der Waals surface area contributed by atoms with E-state index < -0.39 is 33.2 Å². The molecule has 0 aliphatic carbocycles. The van der Waals surface area contributed by atoms with Crippen LogP contribution in [0.5, 0.6) is 5.75 Å². The molecule has 0 radical (unpaired) electrons. The molecular weight excluding hydrogens is 355 g/mol. The van der Waals surface area contributed by atoms with Crippen LogP contribution in [-0.2, 0) is 14.9 Å².